The normalized spacial score (nSPS) is 10.8. The van der Waals surface area contributed by atoms with Crippen LogP contribution in [0.25, 0.3) is 0 Å². The van der Waals surface area contributed by atoms with Gasteiger partial charge >= 0.3 is 58.4 Å². The molecule has 1 aromatic rings. The molecule has 0 aliphatic carbocycles. The van der Waals surface area contributed by atoms with Crippen LogP contribution in [0.2, 0.25) is 0 Å². The number of rotatable bonds is 1. The molecule has 0 bridgehead atoms. The second kappa shape index (κ2) is 5.27. The summed E-state index contributed by atoms with van der Waals surface area (Å²) in [6.45, 7) is -5.11. The minimum atomic E-state index is -5.11. The van der Waals surface area contributed by atoms with Crippen LogP contribution in [0.5, 0.6) is 0 Å². The molecule has 0 fully saturated rings. The molecular weight excluding hydrogens is 278 g/mol. The molecule has 0 unspecified atom stereocenters. The van der Waals surface area contributed by atoms with Gasteiger partial charge in [-0.1, -0.05) is 28.1 Å². The smallest absolute Gasteiger partial charge is 0.445 e. The van der Waals surface area contributed by atoms with Crippen molar-refractivity contribution in [3.63, 3.8) is 0 Å². The summed E-state index contributed by atoms with van der Waals surface area (Å²) in [4.78, 5) is 0. The molecule has 1 rings (SSSR count). The molecule has 0 radical (unpaired) electrons. The van der Waals surface area contributed by atoms with Crippen LogP contribution in [0.4, 0.5) is 17.3 Å². The molecule has 13 heavy (non-hydrogen) atoms. The van der Waals surface area contributed by atoms with Crippen LogP contribution in [0.15, 0.2) is 22.7 Å². The third-order valence-electron chi connectivity index (χ3n) is 1.26. The predicted octanol–water partition coefficient (Wildman–Crippen LogP) is -0.353. The minimum absolute atomic E-state index is 0. The molecule has 0 saturated carbocycles. The summed E-state index contributed by atoms with van der Waals surface area (Å²) in [5.74, 6) is -0.890. The first-order chi connectivity index (χ1) is 5.39. The quantitative estimate of drug-likeness (QED) is 0.487. The first-order valence-corrected chi connectivity index (χ1v) is 3.85. The van der Waals surface area contributed by atoms with E-state index in [1.165, 1.54) is 0 Å². The Hall–Kier alpha value is 1.12. The van der Waals surface area contributed by atoms with Crippen molar-refractivity contribution in [3.05, 3.63) is 28.5 Å². The van der Waals surface area contributed by atoms with E-state index in [-0.39, 0.29) is 55.9 Å². The second-order valence-electron chi connectivity index (χ2n) is 2.28. The van der Waals surface area contributed by atoms with Gasteiger partial charge in [0.25, 0.3) is 0 Å². The van der Waals surface area contributed by atoms with Gasteiger partial charge in [0, 0.05) is 4.47 Å². The van der Waals surface area contributed by atoms with Crippen LogP contribution in [0.3, 0.4) is 0 Å². The molecule has 0 nitrogen and oxygen atoms in total. The summed E-state index contributed by atoms with van der Waals surface area (Å²) in [7, 11) is 0. The Morgan fingerprint density at radius 3 is 2.00 bits per heavy atom. The van der Waals surface area contributed by atoms with Crippen molar-refractivity contribution in [1.29, 1.82) is 0 Å². The van der Waals surface area contributed by atoms with Crippen LogP contribution >= 0.6 is 15.9 Å². The largest absolute Gasteiger partial charge is 1.00 e. The van der Waals surface area contributed by atoms with E-state index in [9.17, 15) is 17.3 Å². The summed E-state index contributed by atoms with van der Waals surface area (Å²) < 4.78 is 48.6. The van der Waals surface area contributed by atoms with Crippen LogP contribution < -0.4 is 56.8 Å². The predicted molar refractivity (Wildman–Crippen MR) is 42.8 cm³/mol. The Balaban J connectivity index is 0.00000144. The van der Waals surface area contributed by atoms with Crippen molar-refractivity contribution in [2.24, 2.45) is 0 Å². The molecule has 0 heterocycles. The van der Waals surface area contributed by atoms with E-state index in [1.54, 1.807) is 0 Å². The molecular formula is C6H3BBrF4K. The zero-order valence-electron chi connectivity index (χ0n) is 6.70. The molecule has 7 heteroatoms. The molecule has 0 N–H and O–H groups in total. The van der Waals surface area contributed by atoms with Gasteiger partial charge < -0.3 is 12.9 Å². The number of halogens is 5. The summed E-state index contributed by atoms with van der Waals surface area (Å²) in [5.41, 5.74) is -0.929. The summed E-state index contributed by atoms with van der Waals surface area (Å²) in [6.07, 6.45) is 0. The molecule has 0 amide bonds. The van der Waals surface area contributed by atoms with Gasteiger partial charge in [-0.2, -0.15) is 0 Å². The standard InChI is InChI=1S/C6H3BBrF4.K/c8-5-1-4(7(10,11)12)2-6(9)3-5;/h1-3H;/q-1;+1. The van der Waals surface area contributed by atoms with E-state index in [2.05, 4.69) is 15.9 Å². The Labute approximate surface area is 124 Å². The fourth-order valence-corrected chi connectivity index (χ4v) is 1.25. The monoisotopic (exact) mass is 280 g/mol. The van der Waals surface area contributed by atoms with Crippen LogP contribution in [-0.4, -0.2) is 6.98 Å². The van der Waals surface area contributed by atoms with Gasteiger partial charge in [0.2, 0.25) is 0 Å². The third kappa shape index (κ3) is 4.44. The van der Waals surface area contributed by atoms with Gasteiger partial charge in [0.15, 0.2) is 0 Å². The van der Waals surface area contributed by atoms with Crippen molar-refractivity contribution < 1.29 is 68.7 Å². The Morgan fingerprint density at radius 1 is 1.08 bits per heavy atom. The summed E-state index contributed by atoms with van der Waals surface area (Å²) in [6, 6.07) is 2.30. The van der Waals surface area contributed by atoms with Crippen molar-refractivity contribution in [2.75, 3.05) is 0 Å². The second-order valence-corrected chi connectivity index (χ2v) is 3.19. The zero-order chi connectivity index (χ0) is 9.35. The fraction of sp³-hybridized carbons (Fsp3) is 0. The van der Waals surface area contributed by atoms with Crippen molar-refractivity contribution in [2.45, 2.75) is 0 Å². The molecule has 1 aromatic carbocycles. The maximum absolute atomic E-state index is 12.4. The summed E-state index contributed by atoms with van der Waals surface area (Å²) >= 11 is 2.78. The first kappa shape index (κ1) is 14.1. The van der Waals surface area contributed by atoms with Gasteiger partial charge in [-0.25, -0.2) is 4.39 Å². The van der Waals surface area contributed by atoms with E-state index in [0.29, 0.717) is 6.07 Å². The molecule has 0 atom stereocenters. The van der Waals surface area contributed by atoms with Crippen molar-refractivity contribution >= 4 is 28.4 Å². The maximum Gasteiger partial charge on any atom is 1.00 e. The average molecular weight is 281 g/mol. The van der Waals surface area contributed by atoms with Crippen molar-refractivity contribution in [3.8, 4) is 0 Å². The number of hydrogen-bond donors (Lipinski definition) is 0. The Morgan fingerprint density at radius 2 is 1.62 bits per heavy atom. The van der Waals surface area contributed by atoms with E-state index < -0.39 is 18.3 Å². The van der Waals surface area contributed by atoms with Gasteiger partial charge in [0.1, 0.15) is 5.82 Å². The minimum Gasteiger partial charge on any atom is -0.445 e. The van der Waals surface area contributed by atoms with Crippen molar-refractivity contribution in [1.82, 2.24) is 0 Å². The molecule has 0 aromatic heterocycles. The molecule has 0 aliphatic rings. The maximum atomic E-state index is 12.4. The summed E-state index contributed by atoms with van der Waals surface area (Å²) in [5, 5.41) is 0. The van der Waals surface area contributed by atoms with Crippen LogP contribution in [-0.2, 0) is 0 Å². The molecule has 66 valence electrons. The first-order valence-electron chi connectivity index (χ1n) is 3.05. The van der Waals surface area contributed by atoms with Gasteiger partial charge in [-0.3, -0.25) is 0 Å². The van der Waals surface area contributed by atoms with E-state index in [0.717, 1.165) is 12.1 Å². The molecule has 0 spiro atoms. The van der Waals surface area contributed by atoms with Gasteiger partial charge in [-0.15, -0.1) is 5.46 Å². The Bertz CT molecular complexity index is 281. The fourth-order valence-electron chi connectivity index (χ4n) is 0.764. The van der Waals surface area contributed by atoms with Crippen LogP contribution in [0.1, 0.15) is 0 Å². The number of benzene rings is 1. The Kier molecular flexibility index (Phi) is 5.73. The van der Waals surface area contributed by atoms with E-state index in [1.807, 2.05) is 0 Å². The van der Waals surface area contributed by atoms with Gasteiger partial charge in [-0.05, 0) is 6.07 Å². The van der Waals surface area contributed by atoms with E-state index in [4.69, 9.17) is 0 Å². The van der Waals surface area contributed by atoms with Gasteiger partial charge in [0.05, 0.1) is 0 Å². The SMILES string of the molecule is Fc1cc(Br)cc([B-](F)(F)F)c1.[K+]. The molecule has 0 saturated heterocycles. The van der Waals surface area contributed by atoms with Crippen LogP contribution in [0, 0.1) is 5.82 Å². The van der Waals surface area contributed by atoms with E-state index >= 15 is 0 Å². The molecule has 0 aliphatic heterocycles. The topological polar surface area (TPSA) is 0 Å². The number of hydrogen-bond acceptors (Lipinski definition) is 0. The average Bonchev–Trinajstić information content (AvgIpc) is 1.82. The third-order valence-corrected chi connectivity index (χ3v) is 1.72. The zero-order valence-corrected chi connectivity index (χ0v) is 11.4.